The number of amides is 1. The Morgan fingerprint density at radius 1 is 1.06 bits per heavy atom. The number of carbonyl (C=O) groups is 1. The minimum Gasteiger partial charge on any atom is -0.497 e. The highest BCUT2D eigenvalue weighted by atomic mass is 35.5. The number of halogens is 1. The van der Waals surface area contributed by atoms with E-state index >= 15 is 0 Å². The van der Waals surface area contributed by atoms with E-state index in [2.05, 4.69) is 5.16 Å². The van der Waals surface area contributed by atoms with Gasteiger partial charge >= 0.3 is 0 Å². The van der Waals surface area contributed by atoms with Crippen molar-refractivity contribution in [3.63, 3.8) is 0 Å². The Kier molecular flexibility index (Phi) is 4.67. The summed E-state index contributed by atoms with van der Waals surface area (Å²) >= 11 is 6.12. The quantitative estimate of drug-likeness (QED) is 0.449. The molecule has 3 heterocycles. The normalized spacial score (nSPS) is 15.3. The number of carbonyl (C=O) groups excluding carboxylic acids is 1. The molecule has 0 unspecified atom stereocenters. The van der Waals surface area contributed by atoms with E-state index in [1.165, 1.54) is 25.2 Å². The third kappa shape index (κ3) is 2.95. The van der Waals surface area contributed by atoms with Gasteiger partial charge in [-0.15, -0.1) is 0 Å². The number of hydrogen-bond donors (Lipinski definition) is 0. The van der Waals surface area contributed by atoms with Crippen molar-refractivity contribution in [1.29, 1.82) is 0 Å². The van der Waals surface area contributed by atoms with Gasteiger partial charge in [-0.05, 0) is 37.3 Å². The molecular formula is C23H17ClN2O6. The Balaban J connectivity index is 1.84. The summed E-state index contributed by atoms with van der Waals surface area (Å²) in [5, 5.41) is 4.67. The zero-order valence-electron chi connectivity index (χ0n) is 17.3. The molecular weight excluding hydrogens is 436 g/mol. The third-order valence-electron chi connectivity index (χ3n) is 5.43. The van der Waals surface area contributed by atoms with Gasteiger partial charge in [0.05, 0.1) is 25.2 Å². The lowest BCUT2D eigenvalue weighted by molar-refractivity contribution is 0.0969. The van der Waals surface area contributed by atoms with Crippen LogP contribution in [0.5, 0.6) is 11.5 Å². The van der Waals surface area contributed by atoms with Gasteiger partial charge < -0.3 is 18.4 Å². The molecule has 0 fully saturated rings. The first-order valence-electron chi connectivity index (χ1n) is 9.68. The minimum absolute atomic E-state index is 0.0617. The average Bonchev–Trinajstić information content (AvgIpc) is 3.34. The van der Waals surface area contributed by atoms with E-state index in [0.717, 1.165) is 0 Å². The topological polar surface area (TPSA) is 95.0 Å². The van der Waals surface area contributed by atoms with Crippen LogP contribution in [0.15, 0.2) is 56.2 Å². The van der Waals surface area contributed by atoms with Crippen molar-refractivity contribution in [3.8, 4) is 11.5 Å². The van der Waals surface area contributed by atoms with Gasteiger partial charge in [0, 0.05) is 22.7 Å². The van der Waals surface area contributed by atoms with Crippen molar-refractivity contribution < 1.29 is 23.2 Å². The van der Waals surface area contributed by atoms with Gasteiger partial charge in [0.2, 0.25) is 5.76 Å². The highest BCUT2D eigenvalue weighted by molar-refractivity contribution is 6.31. The molecule has 0 N–H and O–H groups in total. The third-order valence-corrected chi connectivity index (χ3v) is 5.66. The van der Waals surface area contributed by atoms with E-state index < -0.39 is 11.9 Å². The Morgan fingerprint density at radius 3 is 2.56 bits per heavy atom. The molecule has 8 nitrogen and oxygen atoms in total. The molecule has 0 saturated carbocycles. The zero-order valence-corrected chi connectivity index (χ0v) is 18.1. The Morgan fingerprint density at radius 2 is 1.88 bits per heavy atom. The van der Waals surface area contributed by atoms with Crippen LogP contribution in [0.3, 0.4) is 0 Å². The van der Waals surface area contributed by atoms with Crippen LogP contribution in [0, 0.1) is 6.92 Å². The number of ether oxygens (including phenoxy) is 2. The second-order valence-electron chi connectivity index (χ2n) is 7.30. The number of anilines is 1. The van der Waals surface area contributed by atoms with Crippen LogP contribution in [0.25, 0.3) is 11.0 Å². The lowest BCUT2D eigenvalue weighted by Gasteiger charge is -2.24. The molecule has 1 aliphatic heterocycles. The summed E-state index contributed by atoms with van der Waals surface area (Å²) in [5.41, 5.74) is 0.649. The number of methoxy groups -OCH3 is 2. The van der Waals surface area contributed by atoms with Crippen molar-refractivity contribution in [2.24, 2.45) is 0 Å². The van der Waals surface area contributed by atoms with Gasteiger partial charge in [-0.2, -0.15) is 0 Å². The smallest absolute Gasteiger partial charge is 0.296 e. The largest absolute Gasteiger partial charge is 0.497 e. The molecule has 0 spiro atoms. The molecule has 4 aromatic rings. The first kappa shape index (κ1) is 20.1. The summed E-state index contributed by atoms with van der Waals surface area (Å²) in [5.74, 6) is 1.20. The number of benzene rings is 2. The fourth-order valence-corrected chi connectivity index (χ4v) is 4.16. The first-order chi connectivity index (χ1) is 15.4. The number of aromatic nitrogens is 1. The summed E-state index contributed by atoms with van der Waals surface area (Å²) < 4.78 is 22.0. The van der Waals surface area contributed by atoms with Crippen LogP contribution in [0.4, 0.5) is 5.82 Å². The molecule has 1 atom stereocenters. The summed E-state index contributed by atoms with van der Waals surface area (Å²) in [6, 6.07) is 10.6. The molecule has 0 radical (unpaired) electrons. The fourth-order valence-electron chi connectivity index (χ4n) is 3.99. The fraction of sp³-hybridized carbons (Fsp3) is 0.174. The molecule has 0 saturated heterocycles. The van der Waals surface area contributed by atoms with Crippen LogP contribution in [0.1, 0.15) is 33.5 Å². The number of rotatable bonds is 4. The van der Waals surface area contributed by atoms with Gasteiger partial charge in [0.25, 0.3) is 5.91 Å². The lowest BCUT2D eigenvalue weighted by atomic mass is 9.97. The molecule has 5 rings (SSSR count). The number of nitrogens with zero attached hydrogens (tertiary/aromatic N) is 2. The Labute approximate surface area is 186 Å². The van der Waals surface area contributed by atoms with Gasteiger partial charge in [0.15, 0.2) is 11.2 Å². The van der Waals surface area contributed by atoms with Crippen LogP contribution in [0.2, 0.25) is 5.02 Å². The summed E-state index contributed by atoms with van der Waals surface area (Å²) in [7, 11) is 3.04. The maximum Gasteiger partial charge on any atom is 0.296 e. The van der Waals surface area contributed by atoms with Gasteiger partial charge in [0.1, 0.15) is 28.9 Å². The Hall–Kier alpha value is -3.78. The van der Waals surface area contributed by atoms with Gasteiger partial charge in [-0.1, -0.05) is 16.8 Å². The second kappa shape index (κ2) is 7.42. The summed E-state index contributed by atoms with van der Waals surface area (Å²) in [6.07, 6.45) is 0. The van der Waals surface area contributed by atoms with Crippen molar-refractivity contribution in [1.82, 2.24) is 5.16 Å². The predicted octanol–water partition coefficient (Wildman–Crippen LogP) is 4.51. The van der Waals surface area contributed by atoms with Crippen LogP contribution in [-0.4, -0.2) is 25.3 Å². The summed E-state index contributed by atoms with van der Waals surface area (Å²) in [4.78, 5) is 28.5. The predicted molar refractivity (Wildman–Crippen MR) is 117 cm³/mol. The standard InChI is InChI=1S/C23H17ClN2O6/c1-11-8-18(25-32-11)26-20(14-6-5-13(29-2)10-17(14)30-3)19-21(27)15-9-12(24)4-7-16(15)31-22(19)23(26)28/h4-10,20H,1-3H3/t20-/m1/s1. The minimum atomic E-state index is -0.859. The molecule has 1 amide bonds. The van der Waals surface area contributed by atoms with E-state index in [-0.39, 0.29) is 33.5 Å². The van der Waals surface area contributed by atoms with E-state index in [0.29, 0.717) is 27.8 Å². The average molecular weight is 453 g/mol. The summed E-state index contributed by atoms with van der Waals surface area (Å²) in [6.45, 7) is 1.72. The van der Waals surface area contributed by atoms with Crippen molar-refractivity contribution in [3.05, 3.63) is 80.4 Å². The molecule has 1 aliphatic rings. The molecule has 2 aromatic heterocycles. The second-order valence-corrected chi connectivity index (χ2v) is 7.73. The molecule has 2 aromatic carbocycles. The number of fused-ring (bicyclic) bond motifs is 2. The van der Waals surface area contributed by atoms with Crippen molar-refractivity contribution in [2.45, 2.75) is 13.0 Å². The molecule has 0 aliphatic carbocycles. The van der Waals surface area contributed by atoms with E-state index in [1.54, 1.807) is 43.3 Å². The zero-order chi connectivity index (χ0) is 22.6. The lowest BCUT2D eigenvalue weighted by Crippen LogP contribution is -2.30. The Bertz CT molecular complexity index is 1440. The van der Waals surface area contributed by atoms with Crippen LogP contribution >= 0.6 is 11.6 Å². The molecule has 0 bridgehead atoms. The maximum absolute atomic E-state index is 13.6. The van der Waals surface area contributed by atoms with Crippen LogP contribution < -0.4 is 19.8 Å². The number of aryl methyl sites for hydroxylation is 1. The number of hydrogen-bond acceptors (Lipinski definition) is 7. The molecule has 9 heteroatoms. The highest BCUT2D eigenvalue weighted by Gasteiger charge is 2.46. The monoisotopic (exact) mass is 452 g/mol. The van der Waals surface area contributed by atoms with Crippen molar-refractivity contribution >= 4 is 34.3 Å². The first-order valence-corrected chi connectivity index (χ1v) is 10.1. The van der Waals surface area contributed by atoms with E-state index in [9.17, 15) is 9.59 Å². The highest BCUT2D eigenvalue weighted by Crippen LogP contribution is 2.44. The van der Waals surface area contributed by atoms with Gasteiger partial charge in [-0.3, -0.25) is 14.5 Å². The van der Waals surface area contributed by atoms with E-state index in [1.807, 2.05) is 0 Å². The molecule has 162 valence electrons. The van der Waals surface area contributed by atoms with Crippen molar-refractivity contribution in [2.75, 3.05) is 19.1 Å². The SMILES string of the molecule is COc1ccc([C@@H]2c3c(oc4ccc(Cl)cc4c3=O)C(=O)N2c2cc(C)on2)c(OC)c1. The van der Waals surface area contributed by atoms with E-state index in [4.69, 9.17) is 30.0 Å². The van der Waals surface area contributed by atoms with Crippen LogP contribution in [-0.2, 0) is 0 Å². The molecule has 32 heavy (non-hydrogen) atoms. The van der Waals surface area contributed by atoms with Gasteiger partial charge in [-0.25, -0.2) is 0 Å². The maximum atomic E-state index is 13.6.